The highest BCUT2D eigenvalue weighted by atomic mass is 19.3. The van der Waals surface area contributed by atoms with Crippen LogP contribution in [0.3, 0.4) is 0 Å². The zero-order chi connectivity index (χ0) is 13.0. The van der Waals surface area contributed by atoms with E-state index in [9.17, 15) is 13.6 Å². The third-order valence-electron chi connectivity index (χ3n) is 2.30. The summed E-state index contributed by atoms with van der Waals surface area (Å²) in [5.41, 5.74) is 10.6. The molecular formula is C10H13F2N3O2. The first-order valence-electron chi connectivity index (χ1n) is 4.82. The van der Waals surface area contributed by atoms with E-state index in [1.807, 2.05) is 0 Å². The predicted molar refractivity (Wildman–Crippen MR) is 57.2 cm³/mol. The van der Waals surface area contributed by atoms with E-state index in [1.165, 1.54) is 13.3 Å². The lowest BCUT2D eigenvalue weighted by atomic mass is 10.1. The molecule has 5 nitrogen and oxygen atoms in total. The Bertz CT molecular complexity index is 424. The maximum absolute atomic E-state index is 12.8. The molecule has 1 rings (SSSR count). The summed E-state index contributed by atoms with van der Waals surface area (Å²) in [5.74, 6) is -0.653. The molecule has 7 heteroatoms. The van der Waals surface area contributed by atoms with Crippen molar-refractivity contribution in [1.29, 1.82) is 0 Å². The third-order valence-corrected chi connectivity index (χ3v) is 2.30. The molecule has 0 aliphatic heterocycles. The van der Waals surface area contributed by atoms with Crippen LogP contribution in [-0.2, 0) is 22.5 Å². The maximum atomic E-state index is 12.8. The van der Waals surface area contributed by atoms with Crippen molar-refractivity contribution in [2.45, 2.75) is 19.4 Å². The second-order valence-corrected chi connectivity index (χ2v) is 3.32. The molecular weight excluding hydrogens is 232 g/mol. The summed E-state index contributed by atoms with van der Waals surface area (Å²) in [6.07, 6.45) is -1.86. The van der Waals surface area contributed by atoms with Gasteiger partial charge in [0.15, 0.2) is 0 Å². The summed E-state index contributed by atoms with van der Waals surface area (Å²) < 4.78 is 30.1. The number of hydrogen-bond donors (Lipinski definition) is 2. The molecule has 1 aromatic heterocycles. The molecule has 0 bridgehead atoms. The molecule has 0 fully saturated rings. The minimum Gasteiger partial charge on any atom is -0.469 e. The highest BCUT2D eigenvalue weighted by Crippen LogP contribution is 2.30. The van der Waals surface area contributed by atoms with Gasteiger partial charge in [-0.1, -0.05) is 0 Å². The number of methoxy groups -OCH3 is 1. The van der Waals surface area contributed by atoms with Crippen LogP contribution in [0.25, 0.3) is 0 Å². The molecule has 0 spiro atoms. The van der Waals surface area contributed by atoms with Crippen molar-refractivity contribution in [3.8, 4) is 0 Å². The van der Waals surface area contributed by atoms with Gasteiger partial charge in [0.05, 0.1) is 24.8 Å². The average molecular weight is 245 g/mol. The first-order valence-corrected chi connectivity index (χ1v) is 4.82. The minimum absolute atomic E-state index is 0.0110. The number of anilines is 1. The Balaban J connectivity index is 3.21. The summed E-state index contributed by atoms with van der Waals surface area (Å²) in [6, 6.07) is 0. The van der Waals surface area contributed by atoms with Crippen LogP contribution in [-0.4, -0.2) is 18.1 Å². The number of aromatic nitrogens is 1. The van der Waals surface area contributed by atoms with Gasteiger partial charge in [0, 0.05) is 24.0 Å². The SMILES string of the molecule is COC(=O)Cc1ncc(CN)c(N)c1C(F)F. The quantitative estimate of drug-likeness (QED) is 0.765. The van der Waals surface area contributed by atoms with Crippen LogP contribution in [0.5, 0.6) is 0 Å². The number of pyridine rings is 1. The fourth-order valence-electron chi connectivity index (χ4n) is 1.38. The Morgan fingerprint density at radius 3 is 2.71 bits per heavy atom. The van der Waals surface area contributed by atoms with Gasteiger partial charge in [-0.2, -0.15) is 0 Å². The number of carbonyl (C=O) groups excluding carboxylic acids is 1. The van der Waals surface area contributed by atoms with E-state index < -0.39 is 18.0 Å². The monoisotopic (exact) mass is 245 g/mol. The molecule has 0 saturated carbocycles. The van der Waals surface area contributed by atoms with Gasteiger partial charge in [0.1, 0.15) is 0 Å². The average Bonchev–Trinajstić information content (AvgIpc) is 2.28. The Morgan fingerprint density at radius 1 is 1.59 bits per heavy atom. The van der Waals surface area contributed by atoms with E-state index in [0.29, 0.717) is 5.56 Å². The molecule has 1 aromatic rings. The standard InChI is InChI=1S/C10H13F2N3O2/c1-17-7(16)2-6-8(10(11)12)9(14)5(3-13)4-15-6/h4,10H,2-3,13H2,1H3,(H2,14,15). The highest BCUT2D eigenvalue weighted by Gasteiger charge is 2.21. The van der Waals surface area contributed by atoms with E-state index in [1.54, 1.807) is 0 Å². The van der Waals surface area contributed by atoms with Crippen molar-refractivity contribution in [2.75, 3.05) is 12.8 Å². The van der Waals surface area contributed by atoms with Crippen molar-refractivity contribution in [3.05, 3.63) is 23.0 Å². The number of nitrogens with zero attached hydrogens (tertiary/aromatic N) is 1. The lowest BCUT2D eigenvalue weighted by Crippen LogP contribution is -2.13. The number of hydrogen-bond acceptors (Lipinski definition) is 5. The molecule has 0 aliphatic carbocycles. The van der Waals surface area contributed by atoms with Gasteiger partial charge < -0.3 is 16.2 Å². The highest BCUT2D eigenvalue weighted by molar-refractivity contribution is 5.73. The summed E-state index contributed by atoms with van der Waals surface area (Å²) >= 11 is 0. The van der Waals surface area contributed by atoms with Gasteiger partial charge in [0.2, 0.25) is 0 Å². The normalized spacial score (nSPS) is 10.6. The van der Waals surface area contributed by atoms with Gasteiger partial charge in [0.25, 0.3) is 6.43 Å². The number of halogens is 2. The molecule has 0 radical (unpaired) electrons. The zero-order valence-corrected chi connectivity index (χ0v) is 9.24. The first kappa shape index (κ1) is 13.3. The number of nitrogens with two attached hydrogens (primary N) is 2. The molecule has 0 aromatic carbocycles. The summed E-state index contributed by atoms with van der Waals surface area (Å²) in [6.45, 7) is 0.0110. The lowest BCUT2D eigenvalue weighted by Gasteiger charge is -2.13. The fourth-order valence-corrected chi connectivity index (χ4v) is 1.38. The second kappa shape index (κ2) is 5.53. The van der Waals surface area contributed by atoms with Crippen molar-refractivity contribution >= 4 is 11.7 Å². The Kier molecular flexibility index (Phi) is 4.33. The van der Waals surface area contributed by atoms with E-state index in [2.05, 4.69) is 9.72 Å². The van der Waals surface area contributed by atoms with Crippen LogP contribution in [0.1, 0.15) is 23.2 Å². The van der Waals surface area contributed by atoms with Gasteiger partial charge in [-0.25, -0.2) is 8.78 Å². The van der Waals surface area contributed by atoms with Gasteiger partial charge in [-0.05, 0) is 0 Å². The van der Waals surface area contributed by atoms with Crippen LogP contribution in [0, 0.1) is 0 Å². The Hall–Kier alpha value is -1.76. The number of nitrogen functional groups attached to an aromatic ring is 1. The van der Waals surface area contributed by atoms with Crippen molar-refractivity contribution in [1.82, 2.24) is 4.98 Å². The van der Waals surface area contributed by atoms with Crippen LogP contribution < -0.4 is 11.5 Å². The van der Waals surface area contributed by atoms with Crippen LogP contribution in [0.15, 0.2) is 6.20 Å². The van der Waals surface area contributed by atoms with E-state index in [4.69, 9.17) is 11.5 Å². The molecule has 1 heterocycles. The number of rotatable bonds is 4. The van der Waals surface area contributed by atoms with E-state index in [-0.39, 0.29) is 24.3 Å². The topological polar surface area (TPSA) is 91.2 Å². The fraction of sp³-hybridized carbons (Fsp3) is 0.400. The molecule has 0 saturated heterocycles. The van der Waals surface area contributed by atoms with Crippen molar-refractivity contribution in [3.63, 3.8) is 0 Å². The molecule has 0 unspecified atom stereocenters. The number of esters is 1. The number of ether oxygens (including phenoxy) is 1. The number of alkyl halides is 2. The summed E-state index contributed by atoms with van der Waals surface area (Å²) in [4.78, 5) is 14.8. The van der Waals surface area contributed by atoms with Crippen molar-refractivity contribution < 1.29 is 18.3 Å². The van der Waals surface area contributed by atoms with E-state index in [0.717, 1.165) is 0 Å². The molecule has 94 valence electrons. The van der Waals surface area contributed by atoms with Crippen LogP contribution in [0.2, 0.25) is 0 Å². The lowest BCUT2D eigenvalue weighted by molar-refractivity contribution is -0.139. The largest absolute Gasteiger partial charge is 0.469 e. The third kappa shape index (κ3) is 2.88. The maximum Gasteiger partial charge on any atom is 0.311 e. The molecule has 0 atom stereocenters. The van der Waals surface area contributed by atoms with E-state index >= 15 is 0 Å². The summed E-state index contributed by atoms with van der Waals surface area (Å²) in [7, 11) is 1.17. The van der Waals surface area contributed by atoms with Crippen LogP contribution in [0.4, 0.5) is 14.5 Å². The molecule has 0 amide bonds. The molecule has 17 heavy (non-hydrogen) atoms. The minimum atomic E-state index is -2.81. The Morgan fingerprint density at radius 2 is 2.24 bits per heavy atom. The first-order chi connectivity index (χ1) is 8.01. The van der Waals surface area contributed by atoms with Gasteiger partial charge >= 0.3 is 5.97 Å². The number of carbonyl (C=O) groups is 1. The smallest absolute Gasteiger partial charge is 0.311 e. The zero-order valence-electron chi connectivity index (χ0n) is 9.24. The Labute approximate surface area is 96.8 Å². The van der Waals surface area contributed by atoms with Crippen molar-refractivity contribution in [2.24, 2.45) is 5.73 Å². The second-order valence-electron chi connectivity index (χ2n) is 3.32. The van der Waals surface area contributed by atoms with Crippen LogP contribution >= 0.6 is 0 Å². The summed E-state index contributed by atoms with van der Waals surface area (Å²) in [5, 5.41) is 0. The molecule has 4 N–H and O–H groups in total. The van der Waals surface area contributed by atoms with Gasteiger partial charge in [-0.15, -0.1) is 0 Å². The molecule has 0 aliphatic rings. The predicted octanol–water partition coefficient (Wildman–Crippen LogP) is 0.776. The van der Waals surface area contributed by atoms with Gasteiger partial charge in [-0.3, -0.25) is 9.78 Å².